The number of ether oxygens (including phenoxy) is 1. The number of rotatable bonds is 6. The zero-order chi connectivity index (χ0) is 20.9. The molecule has 1 saturated heterocycles. The third kappa shape index (κ3) is 5.86. The Morgan fingerprint density at radius 1 is 1.07 bits per heavy atom. The zero-order valence-corrected chi connectivity index (χ0v) is 19.0. The van der Waals surface area contributed by atoms with Gasteiger partial charge in [0.25, 0.3) is 0 Å². The molecule has 8 heteroatoms. The van der Waals surface area contributed by atoms with Crippen molar-refractivity contribution in [2.24, 2.45) is 17.3 Å². The lowest BCUT2D eigenvalue weighted by Gasteiger charge is -2.47. The summed E-state index contributed by atoms with van der Waals surface area (Å²) < 4.78 is 5.79. The molecule has 0 radical (unpaired) electrons. The number of carbonyl (C=O) groups is 3. The van der Waals surface area contributed by atoms with Crippen molar-refractivity contribution >= 4 is 33.8 Å². The van der Waals surface area contributed by atoms with E-state index in [9.17, 15) is 14.4 Å². The van der Waals surface area contributed by atoms with E-state index in [1.807, 2.05) is 0 Å². The topological polar surface area (TPSA) is 79.0 Å². The second-order valence-electron chi connectivity index (χ2n) is 8.99. The van der Waals surface area contributed by atoms with Crippen molar-refractivity contribution in [3.63, 3.8) is 0 Å². The van der Waals surface area contributed by atoms with E-state index in [2.05, 4.69) is 28.2 Å². The van der Waals surface area contributed by atoms with Gasteiger partial charge in [0.05, 0.1) is 18.5 Å². The first kappa shape index (κ1) is 22.4. The van der Waals surface area contributed by atoms with Crippen LogP contribution in [0, 0.1) is 17.3 Å². The Balaban J connectivity index is 1.42. The van der Waals surface area contributed by atoms with Crippen molar-refractivity contribution in [1.29, 1.82) is 0 Å². The fraction of sp³-hybridized carbons (Fsp3) is 0.857. The molecular formula is C21H34BrN3O4. The van der Waals surface area contributed by atoms with Crippen LogP contribution in [0.4, 0.5) is 4.79 Å². The molecule has 0 aromatic carbocycles. The molecule has 3 fully saturated rings. The summed E-state index contributed by atoms with van der Waals surface area (Å²) in [5.74, 6) is 1.28. The van der Waals surface area contributed by atoms with Crippen molar-refractivity contribution in [1.82, 2.24) is 15.1 Å². The number of nitrogens with zero attached hydrogens (tertiary/aromatic N) is 2. The van der Waals surface area contributed by atoms with Gasteiger partial charge in [0.1, 0.15) is 0 Å². The number of halogens is 1. The van der Waals surface area contributed by atoms with Crippen LogP contribution < -0.4 is 5.32 Å². The third-order valence-corrected chi connectivity index (χ3v) is 7.54. The maximum Gasteiger partial charge on any atom is 0.409 e. The van der Waals surface area contributed by atoms with Crippen LogP contribution in [0.3, 0.4) is 0 Å². The van der Waals surface area contributed by atoms with E-state index in [-0.39, 0.29) is 35.2 Å². The molecule has 2 aliphatic carbocycles. The Morgan fingerprint density at radius 3 is 2.28 bits per heavy atom. The van der Waals surface area contributed by atoms with Crippen LogP contribution in [-0.4, -0.2) is 72.4 Å². The van der Waals surface area contributed by atoms with Gasteiger partial charge in [-0.25, -0.2) is 4.79 Å². The number of alkyl halides is 1. The van der Waals surface area contributed by atoms with Crippen molar-refractivity contribution in [2.45, 2.75) is 51.9 Å². The molecule has 1 aliphatic heterocycles. The smallest absolute Gasteiger partial charge is 0.409 e. The molecule has 1 N–H and O–H groups in total. The summed E-state index contributed by atoms with van der Waals surface area (Å²) in [5, 5.41) is 2.75. The highest BCUT2D eigenvalue weighted by Gasteiger charge is 2.42. The van der Waals surface area contributed by atoms with Gasteiger partial charge in [0, 0.05) is 31.6 Å². The maximum atomic E-state index is 12.6. The molecule has 2 saturated carbocycles. The number of fused-ring (bicyclic) bond motifs is 2. The van der Waals surface area contributed by atoms with Gasteiger partial charge in [-0.1, -0.05) is 42.1 Å². The Morgan fingerprint density at radius 2 is 1.69 bits per heavy atom. The van der Waals surface area contributed by atoms with Crippen LogP contribution in [0.5, 0.6) is 0 Å². The number of amides is 3. The highest BCUT2D eigenvalue weighted by Crippen LogP contribution is 2.50. The molecule has 164 valence electrons. The Kier molecular flexibility index (Phi) is 7.82. The van der Waals surface area contributed by atoms with E-state index in [0.717, 1.165) is 18.3 Å². The molecule has 0 spiro atoms. The lowest BCUT2D eigenvalue weighted by molar-refractivity contribution is -0.133. The molecule has 0 aromatic rings. The molecule has 2 atom stereocenters. The van der Waals surface area contributed by atoms with Gasteiger partial charge in [0.2, 0.25) is 11.8 Å². The van der Waals surface area contributed by atoms with Gasteiger partial charge >= 0.3 is 6.09 Å². The molecule has 3 rings (SSSR count). The fourth-order valence-electron chi connectivity index (χ4n) is 5.37. The number of nitrogens with one attached hydrogen (secondary N) is 1. The standard InChI is InChI=1S/C21H34BrN3O4/c1-2-21(11-16-4-3-5-17(10-16)12-21)15-29-20(28)25-8-6-24(7-9-25)19(27)14-23-18(26)13-22/h16-17H,2-15H2,1H3,(H,23,26). The fourth-order valence-corrected chi connectivity index (χ4v) is 5.57. The second-order valence-corrected chi connectivity index (χ2v) is 9.55. The van der Waals surface area contributed by atoms with Gasteiger partial charge in [-0.15, -0.1) is 0 Å². The molecule has 1 heterocycles. The normalized spacial score (nSPS) is 29.3. The lowest BCUT2D eigenvalue weighted by Crippen LogP contribution is -2.53. The molecule has 0 aromatic heterocycles. The van der Waals surface area contributed by atoms with E-state index >= 15 is 0 Å². The van der Waals surface area contributed by atoms with Crippen molar-refractivity contribution in [3.8, 4) is 0 Å². The summed E-state index contributed by atoms with van der Waals surface area (Å²) in [6.45, 7) is 4.64. The third-order valence-electron chi connectivity index (χ3n) is 7.04. The largest absolute Gasteiger partial charge is 0.449 e. The number of piperazine rings is 1. The van der Waals surface area contributed by atoms with E-state index in [1.54, 1.807) is 9.80 Å². The Labute approximate surface area is 182 Å². The second kappa shape index (κ2) is 10.1. The molecular weight excluding hydrogens is 438 g/mol. The lowest BCUT2D eigenvalue weighted by atomic mass is 9.60. The van der Waals surface area contributed by atoms with E-state index in [4.69, 9.17) is 4.74 Å². The first-order valence-corrected chi connectivity index (χ1v) is 12.1. The van der Waals surface area contributed by atoms with E-state index in [0.29, 0.717) is 32.8 Å². The van der Waals surface area contributed by atoms with E-state index in [1.165, 1.54) is 38.5 Å². The molecule has 3 amide bonds. The summed E-state index contributed by atoms with van der Waals surface area (Å²) >= 11 is 3.06. The number of carbonyl (C=O) groups excluding carboxylic acids is 3. The first-order valence-electron chi connectivity index (χ1n) is 11.0. The minimum absolute atomic E-state index is 0.00374. The number of hydrogen-bond acceptors (Lipinski definition) is 4. The average molecular weight is 472 g/mol. The zero-order valence-electron chi connectivity index (χ0n) is 17.5. The molecule has 2 unspecified atom stereocenters. The highest BCUT2D eigenvalue weighted by molar-refractivity contribution is 9.09. The van der Waals surface area contributed by atoms with Gasteiger partial charge < -0.3 is 19.9 Å². The van der Waals surface area contributed by atoms with Crippen LogP contribution in [0.25, 0.3) is 0 Å². The van der Waals surface area contributed by atoms with Crippen molar-refractivity contribution in [3.05, 3.63) is 0 Å². The quantitative estimate of drug-likeness (QED) is 0.603. The predicted molar refractivity (Wildman–Crippen MR) is 114 cm³/mol. The summed E-state index contributed by atoms with van der Waals surface area (Å²) in [5.41, 5.74) is 0.148. The van der Waals surface area contributed by atoms with Gasteiger partial charge in [0.15, 0.2) is 0 Å². The van der Waals surface area contributed by atoms with Gasteiger partial charge in [-0.2, -0.15) is 0 Å². The van der Waals surface area contributed by atoms with Crippen molar-refractivity contribution < 1.29 is 19.1 Å². The molecule has 29 heavy (non-hydrogen) atoms. The van der Waals surface area contributed by atoms with E-state index < -0.39 is 0 Å². The van der Waals surface area contributed by atoms with Gasteiger partial charge in [-0.3, -0.25) is 9.59 Å². The minimum atomic E-state index is -0.256. The summed E-state index contributed by atoms with van der Waals surface area (Å²) in [7, 11) is 0. The summed E-state index contributed by atoms with van der Waals surface area (Å²) in [4.78, 5) is 39.4. The van der Waals surface area contributed by atoms with Crippen molar-refractivity contribution in [2.75, 3.05) is 44.7 Å². The summed E-state index contributed by atoms with van der Waals surface area (Å²) in [6.07, 6.45) is 8.57. The number of hydrogen-bond donors (Lipinski definition) is 1. The van der Waals surface area contributed by atoms with Gasteiger partial charge in [-0.05, 0) is 37.5 Å². The predicted octanol–water partition coefficient (Wildman–Crippen LogP) is 2.77. The van der Waals surface area contributed by atoms with Crippen LogP contribution in [-0.2, 0) is 14.3 Å². The van der Waals surface area contributed by atoms with Crippen LogP contribution >= 0.6 is 15.9 Å². The Hall–Kier alpha value is -1.31. The summed E-state index contributed by atoms with van der Waals surface area (Å²) in [6, 6.07) is 0. The monoisotopic (exact) mass is 471 g/mol. The SMILES string of the molecule is CCC1(COC(=O)N2CCN(C(=O)CNC(=O)CBr)CC2)CC2CCCC(C2)C1. The molecule has 7 nitrogen and oxygen atoms in total. The first-order chi connectivity index (χ1) is 13.9. The van der Waals surface area contributed by atoms with Crippen LogP contribution in [0.1, 0.15) is 51.9 Å². The van der Waals surface area contributed by atoms with Crippen LogP contribution in [0.2, 0.25) is 0 Å². The van der Waals surface area contributed by atoms with Crippen LogP contribution in [0.15, 0.2) is 0 Å². The minimum Gasteiger partial charge on any atom is -0.449 e. The molecule has 3 aliphatic rings. The Bertz CT molecular complexity index is 595. The average Bonchev–Trinajstić information content (AvgIpc) is 2.75. The highest BCUT2D eigenvalue weighted by atomic mass is 79.9. The molecule has 2 bridgehead atoms. The maximum absolute atomic E-state index is 12.6.